The van der Waals surface area contributed by atoms with Crippen LogP contribution < -0.4 is 10.2 Å². The van der Waals surface area contributed by atoms with E-state index < -0.39 is 4.92 Å². The minimum Gasteiger partial charge on any atom is -0.327 e. The fourth-order valence-corrected chi connectivity index (χ4v) is 3.51. The van der Waals surface area contributed by atoms with Crippen LogP contribution in [0.1, 0.15) is 22.8 Å². The maximum atomic E-state index is 12.6. The molecule has 1 heterocycles. The highest BCUT2D eigenvalue weighted by Gasteiger charge is 2.26. The molecule has 29 heavy (non-hydrogen) atoms. The lowest BCUT2D eigenvalue weighted by Crippen LogP contribution is -3.15. The fourth-order valence-electron chi connectivity index (χ4n) is 3.51. The van der Waals surface area contributed by atoms with Gasteiger partial charge < -0.3 is 15.1 Å². The first kappa shape index (κ1) is 20.5. The number of nitro groups is 1. The van der Waals surface area contributed by atoms with Crippen LogP contribution >= 0.6 is 0 Å². The summed E-state index contributed by atoms with van der Waals surface area (Å²) in [5, 5.41) is 13.9. The zero-order valence-electron chi connectivity index (χ0n) is 16.4. The summed E-state index contributed by atoms with van der Waals surface area (Å²) in [7, 11) is 0. The standard InChI is InChI=1S/C21H24N4O4/c1-2-16-6-3-4-9-19(16)22-20(26)15-23-10-12-24(13-11-23)21(27)17-7-5-8-18(14-17)25(28)29/h3-9,14H,2,10-13,15H2,1H3,(H,22,26)/p+1. The predicted molar refractivity (Wildman–Crippen MR) is 109 cm³/mol. The van der Waals surface area contributed by atoms with Gasteiger partial charge in [-0.2, -0.15) is 0 Å². The van der Waals surface area contributed by atoms with Crippen LogP contribution in [0.2, 0.25) is 0 Å². The van der Waals surface area contributed by atoms with E-state index in [1.165, 1.54) is 18.2 Å². The molecule has 2 N–H and O–H groups in total. The molecule has 2 aromatic carbocycles. The lowest BCUT2D eigenvalue weighted by molar-refractivity contribution is -0.895. The van der Waals surface area contributed by atoms with Gasteiger partial charge in [-0.05, 0) is 24.1 Å². The number of nitrogens with one attached hydrogen (secondary N) is 2. The molecular formula is C21H25N4O4+. The second-order valence-electron chi connectivity index (χ2n) is 7.09. The molecule has 2 amide bonds. The van der Waals surface area contributed by atoms with Crippen molar-refractivity contribution in [1.29, 1.82) is 0 Å². The number of carbonyl (C=O) groups excluding carboxylic acids is 2. The number of aryl methyl sites for hydroxylation is 1. The first-order valence-electron chi connectivity index (χ1n) is 9.73. The number of piperazine rings is 1. The number of hydrogen-bond acceptors (Lipinski definition) is 4. The Morgan fingerprint density at radius 1 is 1.14 bits per heavy atom. The third-order valence-corrected chi connectivity index (χ3v) is 5.14. The lowest BCUT2D eigenvalue weighted by atomic mass is 10.1. The molecule has 2 aromatic rings. The van der Waals surface area contributed by atoms with Crippen molar-refractivity contribution in [3.8, 4) is 0 Å². The Morgan fingerprint density at radius 2 is 1.86 bits per heavy atom. The van der Waals surface area contributed by atoms with Gasteiger partial charge in [0.25, 0.3) is 17.5 Å². The van der Waals surface area contributed by atoms with E-state index in [4.69, 9.17) is 0 Å². The van der Waals surface area contributed by atoms with E-state index in [1.54, 1.807) is 11.0 Å². The maximum Gasteiger partial charge on any atom is 0.279 e. The van der Waals surface area contributed by atoms with Gasteiger partial charge in [-0.15, -0.1) is 0 Å². The molecule has 1 fully saturated rings. The highest BCUT2D eigenvalue weighted by atomic mass is 16.6. The highest BCUT2D eigenvalue weighted by Crippen LogP contribution is 2.16. The average Bonchev–Trinajstić information content (AvgIpc) is 2.74. The van der Waals surface area contributed by atoms with Crippen LogP contribution in [0.5, 0.6) is 0 Å². The van der Waals surface area contributed by atoms with Crippen molar-refractivity contribution in [2.45, 2.75) is 13.3 Å². The van der Waals surface area contributed by atoms with Gasteiger partial charge >= 0.3 is 0 Å². The molecule has 0 unspecified atom stereocenters. The SMILES string of the molecule is CCc1ccccc1NC(=O)C[NH+]1CCN(C(=O)c2cccc([N+](=O)[O-])c2)CC1. The Kier molecular flexibility index (Phi) is 6.56. The van der Waals surface area contributed by atoms with Gasteiger partial charge in [-0.1, -0.05) is 31.2 Å². The van der Waals surface area contributed by atoms with E-state index in [0.29, 0.717) is 38.3 Å². The Balaban J connectivity index is 1.52. The molecule has 8 heteroatoms. The van der Waals surface area contributed by atoms with Crippen LogP contribution in [0.4, 0.5) is 11.4 Å². The maximum absolute atomic E-state index is 12.6. The van der Waals surface area contributed by atoms with Crippen LogP contribution in [0.15, 0.2) is 48.5 Å². The fraction of sp³-hybridized carbons (Fsp3) is 0.333. The summed E-state index contributed by atoms with van der Waals surface area (Å²) in [6.07, 6.45) is 0.849. The van der Waals surface area contributed by atoms with Crippen LogP contribution in [0, 0.1) is 10.1 Å². The van der Waals surface area contributed by atoms with Gasteiger partial charge in [0.1, 0.15) is 0 Å². The zero-order chi connectivity index (χ0) is 20.8. The quantitative estimate of drug-likeness (QED) is 0.564. The topological polar surface area (TPSA) is 97.0 Å². The first-order valence-corrected chi connectivity index (χ1v) is 9.73. The molecule has 1 saturated heterocycles. The molecule has 152 valence electrons. The van der Waals surface area contributed by atoms with Gasteiger partial charge in [0.15, 0.2) is 6.54 Å². The summed E-state index contributed by atoms with van der Waals surface area (Å²) >= 11 is 0. The van der Waals surface area contributed by atoms with Crippen molar-refractivity contribution in [2.75, 3.05) is 38.0 Å². The predicted octanol–water partition coefficient (Wildman–Crippen LogP) is 1.14. The van der Waals surface area contributed by atoms with Crippen molar-refractivity contribution in [2.24, 2.45) is 0 Å². The number of benzene rings is 2. The van der Waals surface area contributed by atoms with Crippen LogP contribution in [-0.2, 0) is 11.2 Å². The normalized spacial score (nSPS) is 14.4. The van der Waals surface area contributed by atoms with Gasteiger partial charge in [-0.3, -0.25) is 19.7 Å². The average molecular weight is 397 g/mol. The first-order chi connectivity index (χ1) is 14.0. The minimum absolute atomic E-state index is 0.0423. The summed E-state index contributed by atoms with van der Waals surface area (Å²) in [5.41, 5.74) is 2.17. The molecule has 0 bridgehead atoms. The number of para-hydroxylation sites is 1. The molecule has 8 nitrogen and oxygen atoms in total. The molecule has 0 spiro atoms. The molecule has 1 aliphatic rings. The monoisotopic (exact) mass is 397 g/mol. The number of nitro benzene ring substituents is 1. The number of carbonyl (C=O) groups is 2. The number of anilines is 1. The van der Waals surface area contributed by atoms with Crippen molar-refractivity contribution >= 4 is 23.2 Å². The van der Waals surface area contributed by atoms with E-state index >= 15 is 0 Å². The largest absolute Gasteiger partial charge is 0.327 e. The lowest BCUT2D eigenvalue weighted by Gasteiger charge is -2.32. The van der Waals surface area contributed by atoms with Crippen molar-refractivity contribution < 1.29 is 19.4 Å². The van der Waals surface area contributed by atoms with Crippen molar-refractivity contribution in [1.82, 2.24) is 4.90 Å². The number of nitrogens with zero attached hydrogens (tertiary/aromatic N) is 2. The van der Waals surface area contributed by atoms with E-state index in [-0.39, 0.29) is 17.5 Å². The van der Waals surface area contributed by atoms with E-state index in [9.17, 15) is 19.7 Å². The molecule has 0 aromatic heterocycles. The van der Waals surface area contributed by atoms with Crippen molar-refractivity contribution in [3.63, 3.8) is 0 Å². The number of amides is 2. The summed E-state index contributed by atoms with van der Waals surface area (Å²) < 4.78 is 0. The van der Waals surface area contributed by atoms with Gasteiger partial charge in [0.05, 0.1) is 31.1 Å². The van der Waals surface area contributed by atoms with Gasteiger partial charge in [0.2, 0.25) is 0 Å². The molecule has 3 rings (SSSR count). The van der Waals surface area contributed by atoms with Gasteiger partial charge in [-0.25, -0.2) is 0 Å². The summed E-state index contributed by atoms with van der Waals surface area (Å²) in [5.74, 6) is -0.256. The number of non-ortho nitro benzene ring substituents is 1. The smallest absolute Gasteiger partial charge is 0.279 e. The second kappa shape index (κ2) is 9.29. The van der Waals surface area contributed by atoms with E-state index in [1.807, 2.05) is 31.2 Å². The molecule has 0 aliphatic carbocycles. The van der Waals surface area contributed by atoms with Crippen LogP contribution in [0.25, 0.3) is 0 Å². The highest BCUT2D eigenvalue weighted by molar-refractivity contribution is 5.95. The number of rotatable bonds is 6. The molecule has 0 saturated carbocycles. The summed E-state index contributed by atoms with van der Waals surface area (Å²) in [4.78, 5) is 38.2. The minimum atomic E-state index is -0.506. The van der Waals surface area contributed by atoms with E-state index in [0.717, 1.165) is 22.6 Å². The number of quaternary nitrogens is 1. The Hall–Kier alpha value is -3.26. The Morgan fingerprint density at radius 3 is 2.55 bits per heavy atom. The zero-order valence-corrected chi connectivity index (χ0v) is 16.4. The summed E-state index contributed by atoms with van der Waals surface area (Å²) in [6.45, 7) is 4.73. The molecule has 0 radical (unpaired) electrons. The number of hydrogen-bond donors (Lipinski definition) is 2. The summed E-state index contributed by atoms with van der Waals surface area (Å²) in [6, 6.07) is 13.5. The van der Waals surface area contributed by atoms with Crippen LogP contribution in [-0.4, -0.2) is 54.4 Å². The molecular weight excluding hydrogens is 372 g/mol. The molecule has 1 aliphatic heterocycles. The third kappa shape index (κ3) is 5.17. The third-order valence-electron chi connectivity index (χ3n) is 5.14. The van der Waals surface area contributed by atoms with E-state index in [2.05, 4.69) is 5.32 Å². The van der Waals surface area contributed by atoms with Crippen molar-refractivity contribution in [3.05, 3.63) is 69.8 Å². The Labute approximate surface area is 169 Å². The Bertz CT molecular complexity index is 907. The molecule has 0 atom stereocenters. The second-order valence-corrected chi connectivity index (χ2v) is 7.09. The van der Waals surface area contributed by atoms with Crippen LogP contribution in [0.3, 0.4) is 0 Å². The van der Waals surface area contributed by atoms with Gasteiger partial charge in [0, 0.05) is 23.4 Å².